The van der Waals surface area contributed by atoms with Gasteiger partial charge >= 0.3 is 0 Å². The van der Waals surface area contributed by atoms with Crippen molar-refractivity contribution in [3.05, 3.63) is 89.5 Å². The fraction of sp³-hybridized carbons (Fsp3) is 0.310. The molecule has 38 heavy (non-hydrogen) atoms. The van der Waals surface area contributed by atoms with Crippen LogP contribution in [0.5, 0.6) is 5.75 Å². The lowest BCUT2D eigenvalue weighted by Crippen LogP contribution is -2.49. The van der Waals surface area contributed by atoms with Gasteiger partial charge in [-0.2, -0.15) is 0 Å². The Labute approximate surface area is 222 Å². The van der Waals surface area contributed by atoms with Gasteiger partial charge in [-0.25, -0.2) is 17.2 Å². The highest BCUT2D eigenvalue weighted by Gasteiger charge is 2.35. The Morgan fingerprint density at radius 1 is 0.868 bits per heavy atom. The molecule has 9 heteroatoms. The molecule has 202 valence electrons. The van der Waals surface area contributed by atoms with E-state index in [1.807, 2.05) is 0 Å². The van der Waals surface area contributed by atoms with E-state index in [-0.39, 0.29) is 35.0 Å². The number of rotatable bonds is 11. The largest absolute Gasteiger partial charge is 0.475 e. The quantitative estimate of drug-likeness (QED) is 0.327. The van der Waals surface area contributed by atoms with Crippen molar-refractivity contribution in [1.82, 2.24) is 0 Å². The summed E-state index contributed by atoms with van der Waals surface area (Å²) < 4.78 is 56.8. The first-order valence-electron chi connectivity index (χ1n) is 12.2. The predicted molar refractivity (Wildman–Crippen MR) is 142 cm³/mol. The fourth-order valence-electron chi connectivity index (χ4n) is 3.94. The number of ketones is 1. The molecule has 0 saturated heterocycles. The highest BCUT2D eigenvalue weighted by atomic mass is 32.2. The molecule has 0 unspecified atom stereocenters. The summed E-state index contributed by atoms with van der Waals surface area (Å²) in [5.74, 6) is -2.31. The van der Waals surface area contributed by atoms with E-state index in [0.29, 0.717) is 18.3 Å². The molecule has 0 fully saturated rings. The molecule has 0 radical (unpaired) electrons. The van der Waals surface area contributed by atoms with E-state index in [2.05, 4.69) is 0 Å². The van der Waals surface area contributed by atoms with E-state index in [1.54, 1.807) is 50.2 Å². The topological polar surface area (TPSA) is 80.8 Å². The number of carbonyl (C=O) groups is 2. The maximum atomic E-state index is 14.1. The molecule has 3 rings (SSSR count). The van der Waals surface area contributed by atoms with Gasteiger partial charge < -0.3 is 9.64 Å². The number of amides is 1. The van der Waals surface area contributed by atoms with Crippen LogP contribution in [0.2, 0.25) is 0 Å². The SMILES string of the molecule is CCN(C(=O)C(C)(C)Oc1ccc(F)cc1F)c1ccc(CC(=O)Cc2ccc(S(=O)(=O)CC)cc2)cc1. The van der Waals surface area contributed by atoms with E-state index in [0.717, 1.165) is 23.3 Å². The Bertz CT molecular complexity index is 1400. The maximum Gasteiger partial charge on any atom is 0.270 e. The van der Waals surface area contributed by atoms with Gasteiger partial charge in [0.25, 0.3) is 5.91 Å². The second-order valence-corrected chi connectivity index (χ2v) is 11.6. The third kappa shape index (κ3) is 7.04. The Morgan fingerprint density at radius 3 is 1.92 bits per heavy atom. The molecule has 0 N–H and O–H groups in total. The van der Waals surface area contributed by atoms with Crippen molar-refractivity contribution in [2.45, 2.75) is 51.0 Å². The second kappa shape index (κ2) is 11.9. The molecule has 6 nitrogen and oxygen atoms in total. The fourth-order valence-corrected chi connectivity index (χ4v) is 4.82. The lowest BCUT2D eigenvalue weighted by atomic mass is 10.0. The summed E-state index contributed by atoms with van der Waals surface area (Å²) in [6, 6.07) is 16.2. The zero-order valence-electron chi connectivity index (χ0n) is 21.8. The summed E-state index contributed by atoms with van der Waals surface area (Å²) in [6.07, 6.45) is 0.340. The average molecular weight is 544 g/mol. The summed E-state index contributed by atoms with van der Waals surface area (Å²) in [4.78, 5) is 27.6. The van der Waals surface area contributed by atoms with Crippen molar-refractivity contribution in [2.75, 3.05) is 17.2 Å². The molecule has 0 heterocycles. The van der Waals surface area contributed by atoms with Crippen molar-refractivity contribution < 1.29 is 31.5 Å². The van der Waals surface area contributed by atoms with Crippen LogP contribution in [-0.4, -0.2) is 38.0 Å². The molecule has 3 aromatic rings. The summed E-state index contributed by atoms with van der Waals surface area (Å²) in [7, 11) is -3.29. The molecule has 0 aliphatic rings. The number of ether oxygens (including phenoxy) is 1. The zero-order chi connectivity index (χ0) is 28.1. The van der Waals surface area contributed by atoms with Gasteiger partial charge in [0.15, 0.2) is 27.0 Å². The van der Waals surface area contributed by atoms with E-state index >= 15 is 0 Å². The minimum absolute atomic E-state index is 0.0135. The van der Waals surface area contributed by atoms with Crippen molar-refractivity contribution in [3.8, 4) is 5.75 Å². The van der Waals surface area contributed by atoms with Crippen LogP contribution in [0.1, 0.15) is 38.8 Å². The Morgan fingerprint density at radius 2 is 1.42 bits per heavy atom. The molecule has 0 aliphatic carbocycles. The third-order valence-electron chi connectivity index (χ3n) is 6.05. The summed E-state index contributed by atoms with van der Waals surface area (Å²) in [5, 5.41) is 0. The lowest BCUT2D eigenvalue weighted by molar-refractivity contribution is -0.131. The second-order valence-electron chi connectivity index (χ2n) is 9.34. The highest BCUT2D eigenvalue weighted by Crippen LogP contribution is 2.26. The smallest absolute Gasteiger partial charge is 0.270 e. The maximum absolute atomic E-state index is 14.1. The van der Waals surface area contributed by atoms with Crippen molar-refractivity contribution in [1.29, 1.82) is 0 Å². The van der Waals surface area contributed by atoms with Gasteiger partial charge in [-0.15, -0.1) is 0 Å². The van der Waals surface area contributed by atoms with Gasteiger partial charge in [-0.05, 0) is 68.3 Å². The monoisotopic (exact) mass is 543 g/mol. The molecule has 0 bridgehead atoms. The number of benzene rings is 3. The van der Waals surface area contributed by atoms with Gasteiger partial charge in [0.1, 0.15) is 11.6 Å². The molecule has 0 atom stereocenters. The number of hydrogen-bond acceptors (Lipinski definition) is 5. The van der Waals surface area contributed by atoms with Crippen LogP contribution in [0.15, 0.2) is 71.6 Å². The molecular formula is C29H31F2NO5S. The summed E-state index contributed by atoms with van der Waals surface area (Å²) in [5.41, 5.74) is 0.633. The number of carbonyl (C=O) groups excluding carboxylic acids is 2. The number of sulfone groups is 1. The van der Waals surface area contributed by atoms with Crippen LogP contribution in [0.4, 0.5) is 14.5 Å². The van der Waals surface area contributed by atoms with E-state index < -0.39 is 33.0 Å². The molecule has 0 saturated carbocycles. The number of nitrogens with zero attached hydrogens (tertiary/aromatic N) is 1. The first kappa shape index (κ1) is 29.0. The minimum atomic E-state index is -3.29. The molecular weight excluding hydrogens is 512 g/mol. The third-order valence-corrected chi connectivity index (χ3v) is 7.80. The summed E-state index contributed by atoms with van der Waals surface area (Å²) >= 11 is 0. The minimum Gasteiger partial charge on any atom is -0.475 e. The van der Waals surface area contributed by atoms with Gasteiger partial charge in [0.05, 0.1) is 10.6 Å². The predicted octanol–water partition coefficient (Wildman–Crippen LogP) is 5.32. The zero-order valence-corrected chi connectivity index (χ0v) is 22.6. The van der Waals surface area contributed by atoms with E-state index in [1.165, 1.54) is 30.9 Å². The number of halogens is 2. The van der Waals surface area contributed by atoms with Crippen LogP contribution >= 0.6 is 0 Å². The lowest BCUT2D eigenvalue weighted by Gasteiger charge is -2.32. The van der Waals surface area contributed by atoms with Crippen molar-refractivity contribution in [2.24, 2.45) is 0 Å². The van der Waals surface area contributed by atoms with E-state index in [9.17, 15) is 26.8 Å². The van der Waals surface area contributed by atoms with Crippen LogP contribution in [0.25, 0.3) is 0 Å². The highest BCUT2D eigenvalue weighted by molar-refractivity contribution is 7.91. The summed E-state index contributed by atoms with van der Waals surface area (Å²) in [6.45, 7) is 6.72. The van der Waals surface area contributed by atoms with Crippen LogP contribution in [0, 0.1) is 11.6 Å². The van der Waals surface area contributed by atoms with Gasteiger partial charge in [0, 0.05) is 31.1 Å². The standard InChI is InChI=1S/C29H31F2NO5S/c1-5-32(28(34)29(3,4)37-27-16-11-22(30)19-26(27)31)23-12-7-20(8-13-23)17-24(33)18-21-9-14-25(15-10-21)38(35,36)6-2/h7-16,19H,5-6,17-18H2,1-4H3. The van der Waals surface area contributed by atoms with Crippen LogP contribution < -0.4 is 9.64 Å². The first-order chi connectivity index (χ1) is 17.9. The van der Waals surface area contributed by atoms with Crippen molar-refractivity contribution >= 4 is 27.2 Å². The van der Waals surface area contributed by atoms with Gasteiger partial charge in [-0.3, -0.25) is 9.59 Å². The first-order valence-corrected chi connectivity index (χ1v) is 13.9. The molecule has 0 aromatic heterocycles. The average Bonchev–Trinajstić information content (AvgIpc) is 2.87. The van der Waals surface area contributed by atoms with Gasteiger partial charge in [-0.1, -0.05) is 31.2 Å². The Kier molecular flexibility index (Phi) is 9.04. The molecule has 0 spiro atoms. The van der Waals surface area contributed by atoms with Crippen LogP contribution in [-0.2, 0) is 32.3 Å². The van der Waals surface area contributed by atoms with Crippen LogP contribution in [0.3, 0.4) is 0 Å². The number of likely N-dealkylation sites (N-methyl/N-ethyl adjacent to an activating group) is 1. The van der Waals surface area contributed by atoms with Gasteiger partial charge in [0.2, 0.25) is 0 Å². The number of anilines is 1. The normalized spacial score (nSPS) is 11.7. The number of hydrogen-bond donors (Lipinski definition) is 0. The number of Topliss-reactive ketones (excluding diaryl/α,β-unsaturated/α-hetero) is 1. The Hall–Kier alpha value is -3.59. The van der Waals surface area contributed by atoms with Crippen molar-refractivity contribution in [3.63, 3.8) is 0 Å². The molecule has 3 aromatic carbocycles. The molecule has 1 amide bonds. The van der Waals surface area contributed by atoms with E-state index in [4.69, 9.17) is 4.74 Å². The Balaban J connectivity index is 1.65. The molecule has 0 aliphatic heterocycles.